The van der Waals surface area contributed by atoms with Crippen molar-refractivity contribution in [3.05, 3.63) is 70.0 Å². The highest BCUT2D eigenvalue weighted by Gasteiger charge is 2.31. The van der Waals surface area contributed by atoms with Crippen molar-refractivity contribution in [2.45, 2.75) is 20.0 Å². The van der Waals surface area contributed by atoms with E-state index in [9.17, 15) is 26.7 Å². The average molecular weight is 330 g/mol. The minimum atomic E-state index is -2.33. The number of halogens is 5. The summed E-state index contributed by atoms with van der Waals surface area (Å²) in [6.07, 6.45) is -0.932. The van der Waals surface area contributed by atoms with Crippen molar-refractivity contribution < 1.29 is 31.5 Å². The highest BCUT2D eigenvalue weighted by Crippen LogP contribution is 2.26. The Bertz CT molecular complexity index is 727. The number of ether oxygens (including phenoxy) is 1. The van der Waals surface area contributed by atoms with Crippen LogP contribution < -0.4 is 0 Å². The highest BCUT2D eigenvalue weighted by atomic mass is 19.2. The van der Waals surface area contributed by atoms with Crippen molar-refractivity contribution >= 4 is 5.97 Å². The van der Waals surface area contributed by atoms with E-state index in [4.69, 9.17) is 4.74 Å². The Kier molecular flexibility index (Phi) is 4.68. The molecule has 2 aromatic carbocycles. The molecule has 0 saturated carbocycles. The standard InChI is InChI=1S/C16H11F5O2/c1-7-3-5-9(6-4-7)8(2)23-16(22)10-11(17)13(19)15(21)14(20)12(10)18/h3-6,8H,1-2H3/t8-/m1/s1. The third-order valence-corrected chi connectivity index (χ3v) is 3.24. The normalized spacial score (nSPS) is 12.1. The minimum absolute atomic E-state index is 0.507. The first kappa shape index (κ1) is 16.9. The lowest BCUT2D eigenvalue weighted by Crippen LogP contribution is -2.16. The van der Waals surface area contributed by atoms with Crippen molar-refractivity contribution in [3.8, 4) is 0 Å². The maximum atomic E-state index is 13.5. The van der Waals surface area contributed by atoms with Crippen LogP contribution in [-0.2, 0) is 4.74 Å². The van der Waals surface area contributed by atoms with E-state index in [1.165, 1.54) is 6.92 Å². The molecule has 0 N–H and O–H groups in total. The molecule has 0 radical (unpaired) electrons. The predicted molar refractivity (Wildman–Crippen MR) is 71.2 cm³/mol. The minimum Gasteiger partial charge on any atom is -0.454 e. The van der Waals surface area contributed by atoms with Gasteiger partial charge in [-0.25, -0.2) is 26.7 Å². The molecule has 0 bridgehead atoms. The zero-order chi connectivity index (χ0) is 17.3. The molecule has 122 valence electrons. The molecule has 0 saturated heterocycles. The van der Waals surface area contributed by atoms with Gasteiger partial charge in [-0.3, -0.25) is 0 Å². The smallest absolute Gasteiger partial charge is 0.344 e. The van der Waals surface area contributed by atoms with E-state index in [1.54, 1.807) is 24.3 Å². The quantitative estimate of drug-likeness (QED) is 0.356. The summed E-state index contributed by atoms with van der Waals surface area (Å²) in [6, 6.07) is 6.67. The van der Waals surface area contributed by atoms with Crippen molar-refractivity contribution in [2.24, 2.45) is 0 Å². The van der Waals surface area contributed by atoms with Crippen LogP contribution in [0, 0.1) is 36.0 Å². The number of hydrogen-bond donors (Lipinski definition) is 0. The van der Waals surface area contributed by atoms with E-state index in [2.05, 4.69) is 0 Å². The summed E-state index contributed by atoms with van der Waals surface area (Å²) in [7, 11) is 0. The first-order chi connectivity index (χ1) is 10.7. The number of aryl methyl sites for hydroxylation is 1. The van der Waals surface area contributed by atoms with Gasteiger partial charge in [0.15, 0.2) is 23.3 Å². The molecule has 0 unspecified atom stereocenters. The molecule has 0 aliphatic rings. The molecule has 0 aromatic heterocycles. The fraction of sp³-hybridized carbons (Fsp3) is 0.188. The van der Waals surface area contributed by atoms with Crippen molar-refractivity contribution in [1.29, 1.82) is 0 Å². The van der Waals surface area contributed by atoms with Crippen LogP contribution in [0.2, 0.25) is 0 Å². The summed E-state index contributed by atoms with van der Waals surface area (Å²) in [5, 5.41) is 0. The summed E-state index contributed by atoms with van der Waals surface area (Å²) in [5.41, 5.74) is -0.166. The Labute approximate surface area is 128 Å². The lowest BCUT2D eigenvalue weighted by molar-refractivity contribution is 0.0323. The Balaban J connectivity index is 2.33. The van der Waals surface area contributed by atoms with Crippen LogP contribution in [0.3, 0.4) is 0 Å². The molecule has 0 aliphatic carbocycles. The zero-order valence-corrected chi connectivity index (χ0v) is 12.1. The van der Waals surface area contributed by atoms with Gasteiger partial charge in [-0.2, -0.15) is 0 Å². The summed E-state index contributed by atoms with van der Waals surface area (Å²) in [6.45, 7) is 3.24. The molecule has 0 heterocycles. The summed E-state index contributed by atoms with van der Waals surface area (Å²) >= 11 is 0. The molecule has 7 heteroatoms. The lowest BCUT2D eigenvalue weighted by atomic mass is 10.1. The number of rotatable bonds is 3. The number of carbonyl (C=O) groups excluding carboxylic acids is 1. The van der Waals surface area contributed by atoms with Gasteiger partial charge < -0.3 is 4.74 Å². The van der Waals surface area contributed by atoms with Gasteiger partial charge in [0.05, 0.1) is 0 Å². The molecular formula is C16H11F5O2. The Morgan fingerprint density at radius 1 is 0.870 bits per heavy atom. The van der Waals surface area contributed by atoms with E-state index in [0.717, 1.165) is 5.56 Å². The maximum Gasteiger partial charge on any atom is 0.344 e. The van der Waals surface area contributed by atoms with Crippen LogP contribution in [-0.4, -0.2) is 5.97 Å². The van der Waals surface area contributed by atoms with Gasteiger partial charge >= 0.3 is 5.97 Å². The monoisotopic (exact) mass is 330 g/mol. The largest absolute Gasteiger partial charge is 0.454 e. The average Bonchev–Trinajstić information content (AvgIpc) is 2.51. The third-order valence-electron chi connectivity index (χ3n) is 3.24. The Morgan fingerprint density at radius 3 is 1.78 bits per heavy atom. The van der Waals surface area contributed by atoms with Crippen molar-refractivity contribution in [3.63, 3.8) is 0 Å². The van der Waals surface area contributed by atoms with E-state index in [0.29, 0.717) is 5.56 Å². The van der Waals surface area contributed by atoms with Gasteiger partial charge in [0, 0.05) is 0 Å². The molecule has 23 heavy (non-hydrogen) atoms. The van der Waals surface area contributed by atoms with Crippen LogP contribution >= 0.6 is 0 Å². The fourth-order valence-corrected chi connectivity index (χ4v) is 1.91. The Hall–Kier alpha value is -2.44. The second-order valence-corrected chi connectivity index (χ2v) is 4.90. The molecule has 1 atom stereocenters. The van der Waals surface area contributed by atoms with Crippen molar-refractivity contribution in [2.75, 3.05) is 0 Å². The maximum absolute atomic E-state index is 13.5. The fourth-order valence-electron chi connectivity index (χ4n) is 1.91. The molecule has 0 amide bonds. The molecule has 2 nitrogen and oxygen atoms in total. The number of hydrogen-bond acceptors (Lipinski definition) is 2. The van der Waals surface area contributed by atoms with E-state index < -0.39 is 46.7 Å². The van der Waals surface area contributed by atoms with E-state index in [-0.39, 0.29) is 0 Å². The molecule has 2 rings (SSSR count). The third kappa shape index (κ3) is 3.18. The van der Waals surface area contributed by atoms with E-state index in [1.807, 2.05) is 6.92 Å². The predicted octanol–water partition coefficient (Wildman–Crippen LogP) is 4.61. The van der Waals surface area contributed by atoms with Gasteiger partial charge in [0.2, 0.25) is 5.82 Å². The zero-order valence-electron chi connectivity index (χ0n) is 12.1. The molecule has 0 fully saturated rings. The second-order valence-electron chi connectivity index (χ2n) is 4.90. The summed E-state index contributed by atoms with van der Waals surface area (Å²) < 4.78 is 71.0. The highest BCUT2D eigenvalue weighted by molar-refractivity contribution is 5.90. The van der Waals surface area contributed by atoms with Crippen LogP contribution in [0.1, 0.15) is 34.5 Å². The van der Waals surface area contributed by atoms with Crippen LogP contribution in [0.15, 0.2) is 24.3 Å². The van der Waals surface area contributed by atoms with Gasteiger partial charge in [0.25, 0.3) is 0 Å². The topological polar surface area (TPSA) is 26.3 Å². The van der Waals surface area contributed by atoms with Gasteiger partial charge in [-0.05, 0) is 19.4 Å². The molecule has 2 aromatic rings. The van der Waals surface area contributed by atoms with Crippen molar-refractivity contribution in [1.82, 2.24) is 0 Å². The molecule has 0 spiro atoms. The van der Waals surface area contributed by atoms with Crippen LogP contribution in [0.5, 0.6) is 0 Å². The Morgan fingerprint density at radius 2 is 1.30 bits per heavy atom. The van der Waals surface area contributed by atoms with Crippen LogP contribution in [0.25, 0.3) is 0 Å². The first-order valence-corrected chi connectivity index (χ1v) is 6.53. The second kappa shape index (κ2) is 6.36. The molecular weight excluding hydrogens is 319 g/mol. The van der Waals surface area contributed by atoms with Gasteiger partial charge in [0.1, 0.15) is 11.7 Å². The van der Waals surface area contributed by atoms with E-state index >= 15 is 0 Å². The summed E-state index contributed by atoms with van der Waals surface area (Å²) in [5.74, 6) is -12.8. The SMILES string of the molecule is Cc1ccc([C@@H](C)OC(=O)c2c(F)c(F)c(F)c(F)c2F)cc1. The van der Waals surface area contributed by atoms with Crippen LogP contribution in [0.4, 0.5) is 22.0 Å². The lowest BCUT2D eigenvalue weighted by Gasteiger charge is -2.15. The first-order valence-electron chi connectivity index (χ1n) is 6.53. The van der Waals surface area contributed by atoms with Gasteiger partial charge in [-0.15, -0.1) is 0 Å². The number of esters is 1. The van der Waals surface area contributed by atoms with Gasteiger partial charge in [-0.1, -0.05) is 29.8 Å². The molecule has 0 aliphatic heterocycles. The number of benzene rings is 2. The number of carbonyl (C=O) groups is 1. The summed E-state index contributed by atoms with van der Waals surface area (Å²) in [4.78, 5) is 11.8.